The van der Waals surface area contributed by atoms with Crippen LogP contribution in [-0.4, -0.2) is 49.0 Å². The molecule has 0 saturated heterocycles. The molecule has 7 N–H and O–H groups in total. The highest BCUT2D eigenvalue weighted by Crippen LogP contribution is 2.28. The number of hydrogen-bond acceptors (Lipinski definition) is 7. The lowest BCUT2D eigenvalue weighted by atomic mass is 9.84. The van der Waals surface area contributed by atoms with Crippen molar-refractivity contribution in [3.05, 3.63) is 59.7 Å². The molecular formula is C30H42N4O7S. The number of amides is 3. The Morgan fingerprint density at radius 1 is 0.905 bits per heavy atom. The molecule has 11 nitrogen and oxygen atoms in total. The second-order valence-electron chi connectivity index (χ2n) is 11.0. The Bertz CT molecular complexity index is 1280. The Morgan fingerprint density at radius 2 is 1.52 bits per heavy atom. The topological polar surface area (TPSA) is 188 Å². The fourth-order valence-corrected chi connectivity index (χ4v) is 5.90. The Labute approximate surface area is 247 Å². The van der Waals surface area contributed by atoms with E-state index in [0.29, 0.717) is 38.0 Å². The maximum absolute atomic E-state index is 13.4. The van der Waals surface area contributed by atoms with Crippen molar-refractivity contribution in [3.63, 3.8) is 0 Å². The van der Waals surface area contributed by atoms with Gasteiger partial charge in [0.05, 0.1) is 4.90 Å². The molecule has 1 aliphatic rings. The first-order valence-electron chi connectivity index (χ1n) is 14.5. The molecule has 2 aromatic rings. The predicted molar refractivity (Wildman–Crippen MR) is 157 cm³/mol. The number of phenolic OH excluding ortho intramolecular Hbond substituents is 1. The molecule has 1 aliphatic carbocycles. The Kier molecular flexibility index (Phi) is 12.8. The third-order valence-electron chi connectivity index (χ3n) is 7.77. The van der Waals surface area contributed by atoms with Crippen LogP contribution in [0.5, 0.6) is 5.75 Å². The summed E-state index contributed by atoms with van der Waals surface area (Å²) in [5.41, 5.74) is 3.39. The molecule has 0 unspecified atom stereocenters. The minimum atomic E-state index is -3.79. The first kappa shape index (κ1) is 33.0. The van der Waals surface area contributed by atoms with Crippen LogP contribution in [-0.2, 0) is 37.2 Å². The molecule has 3 amide bonds. The van der Waals surface area contributed by atoms with Crippen molar-refractivity contribution < 1.29 is 33.1 Å². The van der Waals surface area contributed by atoms with Crippen LogP contribution in [0.4, 0.5) is 0 Å². The number of carbonyl (C=O) groups is 3. The zero-order chi connectivity index (χ0) is 30.5. The molecule has 2 atom stereocenters. The van der Waals surface area contributed by atoms with Crippen LogP contribution in [0.1, 0.15) is 68.9 Å². The highest BCUT2D eigenvalue weighted by Gasteiger charge is 2.29. The standard InChI is InChI=1S/C30H42N4O7S/c31-42(40,41)26-15-11-22(12-16-26)17-18-32-30(38)27(19-23-5-2-1-3-6-23)33-29(37)24(20-28(36)34-39)8-4-7-21-9-13-25(35)14-10-21/h9-16,23-24,27,35,39H,1-8,17-20H2,(H,32,38)(H,33,37)(H,34,36)(H2,31,40,41)/t24-,27+/m1/s1. The van der Waals surface area contributed by atoms with Crippen LogP contribution in [0.15, 0.2) is 53.4 Å². The zero-order valence-electron chi connectivity index (χ0n) is 23.8. The summed E-state index contributed by atoms with van der Waals surface area (Å²) in [5, 5.41) is 29.5. The first-order chi connectivity index (χ1) is 20.0. The van der Waals surface area contributed by atoms with Crippen molar-refractivity contribution in [3.8, 4) is 5.75 Å². The van der Waals surface area contributed by atoms with Gasteiger partial charge in [-0.2, -0.15) is 0 Å². The quantitative estimate of drug-likeness (QED) is 0.133. The van der Waals surface area contributed by atoms with Crippen LogP contribution in [0.2, 0.25) is 0 Å². The van der Waals surface area contributed by atoms with Crippen molar-refractivity contribution >= 4 is 27.7 Å². The number of carbonyl (C=O) groups excluding carboxylic acids is 3. The van der Waals surface area contributed by atoms with Gasteiger partial charge in [0, 0.05) is 18.9 Å². The van der Waals surface area contributed by atoms with E-state index in [1.165, 1.54) is 12.1 Å². The predicted octanol–water partition coefficient (Wildman–Crippen LogP) is 2.69. The second-order valence-corrected chi connectivity index (χ2v) is 12.6. The summed E-state index contributed by atoms with van der Waals surface area (Å²) in [5.74, 6) is -1.69. The van der Waals surface area contributed by atoms with E-state index in [1.54, 1.807) is 41.9 Å². The van der Waals surface area contributed by atoms with Crippen molar-refractivity contribution in [2.24, 2.45) is 17.0 Å². The van der Waals surface area contributed by atoms with E-state index >= 15 is 0 Å². The SMILES string of the molecule is NS(=O)(=O)c1ccc(CCNC(=O)[C@H](CC2CCCCC2)NC(=O)[C@H](CCCc2ccc(O)cc2)CC(=O)NO)cc1. The van der Waals surface area contributed by atoms with Gasteiger partial charge in [0.2, 0.25) is 27.7 Å². The maximum Gasteiger partial charge on any atom is 0.244 e. The van der Waals surface area contributed by atoms with Crippen LogP contribution < -0.4 is 21.3 Å². The van der Waals surface area contributed by atoms with Gasteiger partial charge >= 0.3 is 0 Å². The van der Waals surface area contributed by atoms with E-state index in [2.05, 4.69) is 10.6 Å². The first-order valence-corrected chi connectivity index (χ1v) is 16.0. The maximum atomic E-state index is 13.4. The molecule has 12 heteroatoms. The number of nitrogens with two attached hydrogens (primary N) is 1. The molecule has 0 radical (unpaired) electrons. The van der Waals surface area contributed by atoms with Gasteiger partial charge in [0.1, 0.15) is 11.8 Å². The summed E-state index contributed by atoms with van der Waals surface area (Å²) >= 11 is 0. The summed E-state index contributed by atoms with van der Waals surface area (Å²) in [7, 11) is -3.79. The normalized spacial score (nSPS) is 15.4. The van der Waals surface area contributed by atoms with Crippen LogP contribution in [0.25, 0.3) is 0 Å². The zero-order valence-corrected chi connectivity index (χ0v) is 24.6. The monoisotopic (exact) mass is 602 g/mol. The van der Waals surface area contributed by atoms with Gasteiger partial charge in [-0.05, 0) is 73.4 Å². The molecule has 1 fully saturated rings. The molecule has 0 heterocycles. The van der Waals surface area contributed by atoms with Crippen molar-refractivity contribution in [2.75, 3.05) is 6.54 Å². The summed E-state index contributed by atoms with van der Waals surface area (Å²) in [6, 6.07) is 12.1. The smallest absolute Gasteiger partial charge is 0.244 e. The van der Waals surface area contributed by atoms with Crippen LogP contribution >= 0.6 is 0 Å². The molecule has 0 aromatic heterocycles. The Morgan fingerprint density at radius 3 is 2.14 bits per heavy atom. The largest absolute Gasteiger partial charge is 0.508 e. The van der Waals surface area contributed by atoms with Gasteiger partial charge in [-0.1, -0.05) is 56.4 Å². The second kappa shape index (κ2) is 16.2. The molecule has 230 valence electrons. The fourth-order valence-electron chi connectivity index (χ4n) is 5.39. The minimum absolute atomic E-state index is 0.0121. The van der Waals surface area contributed by atoms with E-state index in [-0.39, 0.29) is 29.5 Å². The summed E-state index contributed by atoms with van der Waals surface area (Å²) in [4.78, 5) is 38.7. The van der Waals surface area contributed by atoms with Crippen molar-refractivity contribution in [1.82, 2.24) is 16.1 Å². The number of primary sulfonamides is 1. The molecule has 0 aliphatic heterocycles. The minimum Gasteiger partial charge on any atom is -0.508 e. The third kappa shape index (κ3) is 11.1. The average molecular weight is 603 g/mol. The summed E-state index contributed by atoms with van der Waals surface area (Å²) in [6.07, 6.45) is 7.61. The third-order valence-corrected chi connectivity index (χ3v) is 8.70. The fraction of sp³-hybridized carbons (Fsp3) is 0.500. The number of hydrogen-bond donors (Lipinski definition) is 6. The Hall–Kier alpha value is -3.48. The van der Waals surface area contributed by atoms with E-state index < -0.39 is 33.8 Å². The molecular weight excluding hydrogens is 560 g/mol. The number of phenols is 1. The van der Waals surface area contributed by atoms with E-state index in [0.717, 1.165) is 43.2 Å². The van der Waals surface area contributed by atoms with Gasteiger partial charge in [-0.15, -0.1) is 0 Å². The number of aromatic hydroxyl groups is 1. The molecule has 0 bridgehead atoms. The van der Waals surface area contributed by atoms with Gasteiger partial charge in [0.25, 0.3) is 0 Å². The van der Waals surface area contributed by atoms with Crippen LogP contribution in [0.3, 0.4) is 0 Å². The molecule has 0 spiro atoms. The van der Waals surface area contributed by atoms with Crippen molar-refractivity contribution in [2.45, 2.75) is 81.6 Å². The lowest BCUT2D eigenvalue weighted by Crippen LogP contribution is -2.50. The van der Waals surface area contributed by atoms with E-state index in [9.17, 15) is 27.9 Å². The molecule has 1 saturated carbocycles. The molecule has 2 aromatic carbocycles. The highest BCUT2D eigenvalue weighted by atomic mass is 32.2. The highest BCUT2D eigenvalue weighted by molar-refractivity contribution is 7.89. The van der Waals surface area contributed by atoms with Crippen molar-refractivity contribution in [1.29, 1.82) is 0 Å². The van der Waals surface area contributed by atoms with Gasteiger partial charge in [0.15, 0.2) is 0 Å². The number of aryl methyl sites for hydroxylation is 1. The number of sulfonamides is 1. The number of hydroxylamine groups is 1. The lowest BCUT2D eigenvalue weighted by Gasteiger charge is -2.28. The van der Waals surface area contributed by atoms with E-state index in [4.69, 9.17) is 10.3 Å². The van der Waals surface area contributed by atoms with Gasteiger partial charge in [-0.3, -0.25) is 19.6 Å². The summed E-state index contributed by atoms with van der Waals surface area (Å²) < 4.78 is 23.0. The molecule has 3 rings (SSSR count). The van der Waals surface area contributed by atoms with Gasteiger partial charge in [-0.25, -0.2) is 19.0 Å². The number of nitrogens with one attached hydrogen (secondary N) is 3. The van der Waals surface area contributed by atoms with E-state index in [1.807, 2.05) is 0 Å². The Balaban J connectivity index is 1.63. The van der Waals surface area contributed by atoms with Gasteiger partial charge < -0.3 is 15.7 Å². The average Bonchev–Trinajstić information content (AvgIpc) is 2.97. The number of benzene rings is 2. The summed E-state index contributed by atoms with van der Waals surface area (Å²) in [6.45, 7) is 0.285. The van der Waals surface area contributed by atoms with Crippen LogP contribution in [0, 0.1) is 11.8 Å². The lowest BCUT2D eigenvalue weighted by molar-refractivity contribution is -0.136. The number of rotatable bonds is 15. The molecule has 42 heavy (non-hydrogen) atoms.